The summed E-state index contributed by atoms with van der Waals surface area (Å²) in [7, 11) is 0. The van der Waals surface area contributed by atoms with Crippen molar-refractivity contribution in [3.05, 3.63) is 40.9 Å². The second-order valence-electron chi connectivity index (χ2n) is 4.72. The molecule has 26 heavy (non-hydrogen) atoms. The number of carbonyl (C=O) groups excluding carboxylic acids is 3. The Labute approximate surface area is 154 Å². The molecule has 1 aromatic rings. The monoisotopic (exact) mass is 373 g/mol. The molecule has 0 saturated heterocycles. The molecular formula is C17H15N3O5S. The van der Waals surface area contributed by atoms with Gasteiger partial charge in [-0.2, -0.15) is 10.4 Å². The van der Waals surface area contributed by atoms with Crippen LogP contribution >= 0.6 is 11.8 Å². The van der Waals surface area contributed by atoms with E-state index in [2.05, 4.69) is 5.10 Å². The van der Waals surface area contributed by atoms with Gasteiger partial charge in [0.05, 0.1) is 18.9 Å². The summed E-state index contributed by atoms with van der Waals surface area (Å²) in [5, 5.41) is 14.6. The molecular weight excluding hydrogens is 358 g/mol. The molecule has 0 spiro atoms. The first-order chi connectivity index (χ1) is 12.5. The Morgan fingerprint density at radius 2 is 1.73 bits per heavy atom. The third kappa shape index (κ3) is 4.10. The van der Waals surface area contributed by atoms with E-state index in [1.165, 1.54) is 5.01 Å². The number of benzene rings is 1. The van der Waals surface area contributed by atoms with Gasteiger partial charge in [-0.3, -0.25) is 4.79 Å². The summed E-state index contributed by atoms with van der Waals surface area (Å²) in [4.78, 5) is 36.0. The highest BCUT2D eigenvalue weighted by atomic mass is 32.2. The Morgan fingerprint density at radius 3 is 2.31 bits per heavy atom. The number of hydrogen-bond donors (Lipinski definition) is 0. The molecule has 0 atom stereocenters. The quantitative estimate of drug-likeness (QED) is 0.322. The van der Waals surface area contributed by atoms with E-state index >= 15 is 0 Å². The zero-order valence-electron chi connectivity index (χ0n) is 14.1. The van der Waals surface area contributed by atoms with Gasteiger partial charge in [-0.1, -0.05) is 18.2 Å². The van der Waals surface area contributed by atoms with Crippen molar-refractivity contribution in [2.75, 3.05) is 18.2 Å². The highest BCUT2D eigenvalue weighted by Crippen LogP contribution is 2.37. The number of ether oxygens (including phenoxy) is 2. The summed E-state index contributed by atoms with van der Waals surface area (Å²) in [6, 6.07) is 10.4. The minimum Gasteiger partial charge on any atom is -0.462 e. The zero-order valence-corrected chi connectivity index (χ0v) is 14.9. The minimum atomic E-state index is -1.05. The van der Waals surface area contributed by atoms with E-state index < -0.39 is 17.7 Å². The third-order valence-electron chi connectivity index (χ3n) is 3.04. The minimum absolute atomic E-state index is 0.0416. The first-order valence-corrected chi connectivity index (χ1v) is 8.49. The van der Waals surface area contributed by atoms with Crippen molar-refractivity contribution in [1.82, 2.24) is 0 Å². The fourth-order valence-electron chi connectivity index (χ4n) is 1.95. The molecule has 0 fully saturated rings. The number of esters is 2. The van der Waals surface area contributed by atoms with Gasteiger partial charge in [0.15, 0.2) is 10.6 Å². The number of para-hydroxylation sites is 1. The molecule has 1 aliphatic rings. The van der Waals surface area contributed by atoms with E-state index in [-0.39, 0.29) is 28.9 Å². The second kappa shape index (κ2) is 8.82. The Bertz CT molecular complexity index is 827. The van der Waals surface area contributed by atoms with Gasteiger partial charge in [0, 0.05) is 0 Å². The fourth-order valence-corrected chi connectivity index (χ4v) is 2.90. The highest BCUT2D eigenvalue weighted by Gasteiger charge is 2.35. The van der Waals surface area contributed by atoms with E-state index in [9.17, 15) is 19.6 Å². The summed E-state index contributed by atoms with van der Waals surface area (Å²) in [5.41, 5.74) is 0.204. The van der Waals surface area contributed by atoms with Crippen molar-refractivity contribution in [1.29, 1.82) is 5.26 Å². The van der Waals surface area contributed by atoms with Gasteiger partial charge in [-0.15, -0.1) is 0 Å². The molecule has 0 radical (unpaired) electrons. The van der Waals surface area contributed by atoms with E-state index in [1.54, 1.807) is 50.2 Å². The fraction of sp³-hybridized carbons (Fsp3) is 0.235. The van der Waals surface area contributed by atoms with E-state index in [0.29, 0.717) is 5.69 Å². The van der Waals surface area contributed by atoms with Crippen LogP contribution in [0.1, 0.15) is 13.8 Å². The summed E-state index contributed by atoms with van der Waals surface area (Å²) in [5.74, 6) is -2.84. The Balaban J connectivity index is 2.49. The number of hydrazone groups is 1. The second-order valence-corrected chi connectivity index (χ2v) is 5.69. The molecule has 0 aromatic heterocycles. The number of rotatable bonds is 6. The lowest BCUT2D eigenvalue weighted by molar-refractivity contribution is -0.150. The third-order valence-corrected chi connectivity index (χ3v) is 4.07. The number of anilines is 1. The largest absolute Gasteiger partial charge is 0.462 e. The van der Waals surface area contributed by atoms with Crippen molar-refractivity contribution in [3.8, 4) is 6.07 Å². The number of hydrogen-bond acceptors (Lipinski definition) is 9. The molecule has 0 amide bonds. The number of nitrogens with zero attached hydrogens (tertiary/aromatic N) is 3. The zero-order chi connectivity index (χ0) is 19.1. The molecule has 1 aromatic carbocycles. The molecule has 1 aliphatic heterocycles. The van der Waals surface area contributed by atoms with Crippen LogP contribution in [0.5, 0.6) is 0 Å². The van der Waals surface area contributed by atoms with Crippen LogP contribution in [-0.2, 0) is 23.9 Å². The van der Waals surface area contributed by atoms with E-state index in [4.69, 9.17) is 9.47 Å². The van der Waals surface area contributed by atoms with Gasteiger partial charge < -0.3 is 9.47 Å². The molecule has 0 bridgehead atoms. The Hall–Kier alpha value is -3.12. The molecule has 0 N–H and O–H groups in total. The van der Waals surface area contributed by atoms with E-state index in [1.807, 2.05) is 0 Å². The molecule has 0 unspecified atom stereocenters. The average molecular weight is 373 g/mol. The average Bonchev–Trinajstić information content (AvgIpc) is 3.08. The predicted octanol–water partition coefficient (Wildman–Crippen LogP) is 1.98. The molecule has 2 rings (SSSR count). The van der Waals surface area contributed by atoms with Crippen molar-refractivity contribution < 1.29 is 23.9 Å². The van der Waals surface area contributed by atoms with Gasteiger partial charge >= 0.3 is 11.9 Å². The van der Waals surface area contributed by atoms with Gasteiger partial charge in [0.2, 0.25) is 0 Å². The topological polar surface area (TPSA) is 109 Å². The standard InChI is InChI=1S/C17H15N3O5S/c1-3-24-16(22)12(10-18)15-20(11-8-6-5-7-9-11)19-14(26-15)13(21)17(23)25-4-2/h5-9H,3-4H2,1-2H3/b15-12-. The maximum atomic E-state index is 12.2. The normalized spacial score (nSPS) is 15.0. The van der Waals surface area contributed by atoms with Crippen LogP contribution in [-0.4, -0.2) is 36.0 Å². The molecule has 0 saturated carbocycles. The lowest BCUT2D eigenvalue weighted by Crippen LogP contribution is -2.23. The first kappa shape index (κ1) is 19.2. The van der Waals surface area contributed by atoms with Crippen LogP contribution in [0, 0.1) is 11.3 Å². The van der Waals surface area contributed by atoms with E-state index in [0.717, 1.165) is 11.8 Å². The van der Waals surface area contributed by atoms with Crippen molar-refractivity contribution in [2.45, 2.75) is 13.8 Å². The van der Waals surface area contributed by atoms with Crippen molar-refractivity contribution in [3.63, 3.8) is 0 Å². The Morgan fingerprint density at radius 1 is 1.12 bits per heavy atom. The van der Waals surface area contributed by atoms with Crippen LogP contribution in [0.3, 0.4) is 0 Å². The van der Waals surface area contributed by atoms with Crippen LogP contribution in [0.25, 0.3) is 0 Å². The first-order valence-electron chi connectivity index (χ1n) is 7.68. The van der Waals surface area contributed by atoms with Crippen LogP contribution in [0.4, 0.5) is 5.69 Å². The lowest BCUT2D eigenvalue weighted by atomic mass is 10.3. The maximum Gasteiger partial charge on any atom is 0.382 e. The van der Waals surface area contributed by atoms with Crippen LogP contribution in [0.15, 0.2) is 46.0 Å². The van der Waals surface area contributed by atoms with Crippen LogP contribution in [0.2, 0.25) is 0 Å². The Kier molecular flexibility index (Phi) is 6.52. The summed E-state index contributed by atoms with van der Waals surface area (Å²) >= 11 is 0.745. The van der Waals surface area contributed by atoms with Gasteiger partial charge in [-0.05, 0) is 37.7 Å². The molecule has 134 valence electrons. The molecule has 9 heteroatoms. The molecule has 0 aliphatic carbocycles. The predicted molar refractivity (Wildman–Crippen MR) is 94.9 cm³/mol. The SMILES string of the molecule is CCOC(=O)C(=O)C1=NN(c2ccccc2)/C(=C(\C#N)C(=O)OCC)S1. The molecule has 8 nitrogen and oxygen atoms in total. The van der Waals surface area contributed by atoms with Crippen molar-refractivity contribution >= 4 is 40.2 Å². The van der Waals surface area contributed by atoms with Gasteiger partial charge in [0.1, 0.15) is 11.1 Å². The van der Waals surface area contributed by atoms with Gasteiger partial charge in [0.25, 0.3) is 5.78 Å². The number of Topliss-reactive ketones (excluding diaryl/α,β-unsaturated/α-hetero) is 1. The number of carbonyl (C=O) groups is 3. The van der Waals surface area contributed by atoms with Gasteiger partial charge in [-0.25, -0.2) is 14.6 Å². The number of ketones is 1. The maximum absolute atomic E-state index is 12.2. The summed E-state index contributed by atoms with van der Waals surface area (Å²) < 4.78 is 9.58. The summed E-state index contributed by atoms with van der Waals surface area (Å²) in [6.45, 7) is 3.31. The number of nitriles is 1. The highest BCUT2D eigenvalue weighted by molar-refractivity contribution is 8.19. The lowest BCUT2D eigenvalue weighted by Gasteiger charge is -2.16. The van der Waals surface area contributed by atoms with Crippen molar-refractivity contribution in [2.24, 2.45) is 5.10 Å². The number of thioether (sulfide) groups is 1. The van der Waals surface area contributed by atoms with Crippen LogP contribution < -0.4 is 5.01 Å². The molecule has 1 heterocycles. The smallest absolute Gasteiger partial charge is 0.382 e. The summed E-state index contributed by atoms with van der Waals surface area (Å²) in [6.07, 6.45) is 0.